The number of pyridine rings is 1. The molecule has 3 rings (SSSR count). The summed E-state index contributed by atoms with van der Waals surface area (Å²) in [6.07, 6.45) is 4.43. The lowest BCUT2D eigenvalue weighted by Gasteiger charge is -2.15. The van der Waals surface area contributed by atoms with Crippen molar-refractivity contribution in [2.24, 2.45) is 0 Å². The molecule has 1 aliphatic rings. The van der Waals surface area contributed by atoms with E-state index < -0.39 is 0 Å². The van der Waals surface area contributed by atoms with Gasteiger partial charge in [0.05, 0.1) is 11.2 Å². The summed E-state index contributed by atoms with van der Waals surface area (Å²) in [6, 6.07) is 7.43. The summed E-state index contributed by atoms with van der Waals surface area (Å²) in [4.78, 5) is 24.6. The lowest BCUT2D eigenvalue weighted by atomic mass is 10.3. The fourth-order valence-corrected chi connectivity index (χ4v) is 2.09. The molecule has 0 aliphatic carbocycles. The number of nitrogens with zero attached hydrogens (tertiary/aromatic N) is 2. The van der Waals surface area contributed by atoms with Crippen molar-refractivity contribution in [1.82, 2.24) is 4.40 Å². The molecule has 0 aromatic carbocycles. The number of hydrogen-bond donors (Lipinski definition) is 0. The molecule has 0 unspecified atom stereocenters. The van der Waals surface area contributed by atoms with Crippen molar-refractivity contribution in [1.29, 1.82) is 0 Å². The Balaban J connectivity index is 2.22. The van der Waals surface area contributed by atoms with Crippen LogP contribution in [0.5, 0.6) is 0 Å². The molecule has 16 heavy (non-hydrogen) atoms. The SMILES string of the molecule is O=C1CCC(=O)N1c1cccn2cccc12. The number of carbonyl (C=O) groups excluding carboxylic acids is 2. The zero-order valence-electron chi connectivity index (χ0n) is 8.59. The van der Waals surface area contributed by atoms with Crippen LogP contribution in [0, 0.1) is 0 Å². The van der Waals surface area contributed by atoms with Gasteiger partial charge in [-0.2, -0.15) is 0 Å². The maximum Gasteiger partial charge on any atom is 0.234 e. The Morgan fingerprint density at radius 1 is 0.938 bits per heavy atom. The van der Waals surface area contributed by atoms with Crippen molar-refractivity contribution in [3.05, 3.63) is 36.7 Å². The van der Waals surface area contributed by atoms with Gasteiger partial charge < -0.3 is 4.40 Å². The van der Waals surface area contributed by atoms with Crippen LogP contribution >= 0.6 is 0 Å². The minimum Gasteiger partial charge on any atom is -0.322 e. The molecule has 4 nitrogen and oxygen atoms in total. The summed E-state index contributed by atoms with van der Waals surface area (Å²) >= 11 is 0. The van der Waals surface area contributed by atoms with Crippen LogP contribution in [0.2, 0.25) is 0 Å². The number of carbonyl (C=O) groups is 2. The van der Waals surface area contributed by atoms with E-state index in [0.717, 1.165) is 5.52 Å². The Bertz CT molecular complexity index is 569. The van der Waals surface area contributed by atoms with Gasteiger partial charge >= 0.3 is 0 Å². The molecule has 2 amide bonds. The number of amides is 2. The van der Waals surface area contributed by atoms with Crippen molar-refractivity contribution in [2.75, 3.05) is 4.90 Å². The van der Waals surface area contributed by atoms with Crippen LogP contribution in [0.1, 0.15) is 12.8 Å². The van der Waals surface area contributed by atoms with E-state index in [1.54, 1.807) is 6.07 Å². The molecule has 2 aromatic heterocycles. The normalized spacial score (nSPS) is 16.4. The Morgan fingerprint density at radius 2 is 1.56 bits per heavy atom. The fraction of sp³-hybridized carbons (Fsp3) is 0.167. The summed E-state index contributed by atoms with van der Waals surface area (Å²) in [6.45, 7) is 0. The summed E-state index contributed by atoms with van der Waals surface area (Å²) in [5, 5.41) is 0. The molecule has 2 aromatic rings. The molecular weight excluding hydrogens is 204 g/mol. The van der Waals surface area contributed by atoms with Gasteiger partial charge in [0.1, 0.15) is 0 Å². The molecule has 1 aliphatic heterocycles. The van der Waals surface area contributed by atoms with Crippen LogP contribution in [0.15, 0.2) is 36.7 Å². The Kier molecular flexibility index (Phi) is 1.83. The van der Waals surface area contributed by atoms with Crippen LogP contribution in [0.3, 0.4) is 0 Å². The van der Waals surface area contributed by atoms with Gasteiger partial charge in [0, 0.05) is 25.2 Å². The third-order valence-electron chi connectivity index (χ3n) is 2.83. The average Bonchev–Trinajstić information content (AvgIpc) is 2.86. The Labute approximate surface area is 92.1 Å². The highest BCUT2D eigenvalue weighted by Crippen LogP contribution is 2.27. The topological polar surface area (TPSA) is 41.8 Å². The molecule has 0 spiro atoms. The maximum atomic E-state index is 11.6. The largest absolute Gasteiger partial charge is 0.322 e. The molecular formula is C12H10N2O2. The number of anilines is 1. The predicted molar refractivity (Wildman–Crippen MR) is 59.1 cm³/mol. The van der Waals surface area contributed by atoms with E-state index in [9.17, 15) is 9.59 Å². The molecule has 0 bridgehead atoms. The summed E-state index contributed by atoms with van der Waals surface area (Å²) < 4.78 is 1.90. The minimum atomic E-state index is -0.112. The first-order chi connectivity index (χ1) is 7.77. The first kappa shape index (κ1) is 9.15. The monoisotopic (exact) mass is 214 g/mol. The van der Waals surface area contributed by atoms with Crippen molar-refractivity contribution in [3.8, 4) is 0 Å². The van der Waals surface area contributed by atoms with Gasteiger partial charge in [-0.15, -0.1) is 0 Å². The van der Waals surface area contributed by atoms with Crippen LogP contribution in [-0.4, -0.2) is 16.2 Å². The Hall–Kier alpha value is -2.10. The number of imide groups is 1. The zero-order valence-corrected chi connectivity index (χ0v) is 8.59. The molecule has 4 heteroatoms. The average molecular weight is 214 g/mol. The summed E-state index contributed by atoms with van der Waals surface area (Å²) in [5.41, 5.74) is 1.56. The van der Waals surface area contributed by atoms with Crippen molar-refractivity contribution >= 4 is 23.0 Å². The Morgan fingerprint density at radius 3 is 2.25 bits per heavy atom. The van der Waals surface area contributed by atoms with E-state index in [4.69, 9.17) is 0 Å². The second kappa shape index (κ2) is 3.20. The van der Waals surface area contributed by atoms with Crippen LogP contribution in [-0.2, 0) is 9.59 Å². The summed E-state index contributed by atoms with van der Waals surface area (Å²) in [5.74, 6) is -0.224. The van der Waals surface area contributed by atoms with E-state index >= 15 is 0 Å². The van der Waals surface area contributed by atoms with Crippen LogP contribution < -0.4 is 4.90 Å². The van der Waals surface area contributed by atoms with Crippen molar-refractivity contribution < 1.29 is 9.59 Å². The predicted octanol–water partition coefficient (Wildman–Crippen LogP) is 1.59. The second-order valence-electron chi connectivity index (χ2n) is 3.82. The standard InChI is InChI=1S/C12H10N2O2/c15-11-5-6-12(16)14(11)10-4-2-8-13-7-1-3-9(10)13/h1-4,7-8H,5-6H2. The molecule has 1 fully saturated rings. The lowest BCUT2D eigenvalue weighted by Crippen LogP contribution is -2.28. The van der Waals surface area contributed by atoms with Gasteiger partial charge in [0.2, 0.25) is 11.8 Å². The molecule has 3 heterocycles. The van der Waals surface area contributed by atoms with E-state index in [-0.39, 0.29) is 11.8 Å². The molecule has 0 radical (unpaired) electrons. The molecule has 0 saturated carbocycles. The van der Waals surface area contributed by atoms with Gasteiger partial charge in [0.15, 0.2) is 0 Å². The van der Waals surface area contributed by atoms with E-state index in [1.807, 2.05) is 35.0 Å². The molecule has 0 N–H and O–H groups in total. The third-order valence-corrected chi connectivity index (χ3v) is 2.83. The highest BCUT2D eigenvalue weighted by atomic mass is 16.2. The van der Waals surface area contributed by atoms with E-state index in [1.165, 1.54) is 4.90 Å². The number of fused-ring (bicyclic) bond motifs is 1. The summed E-state index contributed by atoms with van der Waals surface area (Å²) in [7, 11) is 0. The number of rotatable bonds is 1. The molecule has 1 saturated heterocycles. The first-order valence-electron chi connectivity index (χ1n) is 5.19. The minimum absolute atomic E-state index is 0.112. The molecule has 0 atom stereocenters. The first-order valence-corrected chi connectivity index (χ1v) is 5.19. The second-order valence-corrected chi connectivity index (χ2v) is 3.82. The van der Waals surface area contributed by atoms with Crippen LogP contribution in [0.25, 0.3) is 5.52 Å². The van der Waals surface area contributed by atoms with Crippen molar-refractivity contribution in [3.63, 3.8) is 0 Å². The van der Waals surface area contributed by atoms with Gasteiger partial charge in [0.25, 0.3) is 0 Å². The number of hydrogen-bond acceptors (Lipinski definition) is 2. The van der Waals surface area contributed by atoms with Gasteiger partial charge in [-0.05, 0) is 24.3 Å². The zero-order chi connectivity index (χ0) is 11.1. The number of aromatic nitrogens is 1. The van der Waals surface area contributed by atoms with Crippen molar-refractivity contribution in [2.45, 2.75) is 12.8 Å². The highest BCUT2D eigenvalue weighted by Gasteiger charge is 2.31. The van der Waals surface area contributed by atoms with Gasteiger partial charge in [-0.25, -0.2) is 4.90 Å². The van der Waals surface area contributed by atoms with Gasteiger partial charge in [-0.3, -0.25) is 9.59 Å². The maximum absolute atomic E-state index is 11.6. The van der Waals surface area contributed by atoms with E-state index in [0.29, 0.717) is 18.5 Å². The van der Waals surface area contributed by atoms with Crippen LogP contribution in [0.4, 0.5) is 5.69 Å². The van der Waals surface area contributed by atoms with Gasteiger partial charge in [-0.1, -0.05) is 0 Å². The lowest BCUT2D eigenvalue weighted by molar-refractivity contribution is -0.121. The quantitative estimate of drug-likeness (QED) is 0.676. The smallest absolute Gasteiger partial charge is 0.234 e. The highest BCUT2D eigenvalue weighted by molar-refractivity contribution is 6.21. The van der Waals surface area contributed by atoms with E-state index in [2.05, 4.69) is 0 Å². The third kappa shape index (κ3) is 1.16. The fourth-order valence-electron chi connectivity index (χ4n) is 2.09. The molecule has 80 valence electrons.